The van der Waals surface area contributed by atoms with E-state index in [0.29, 0.717) is 5.92 Å². The predicted molar refractivity (Wildman–Crippen MR) is 77.1 cm³/mol. The minimum Gasteiger partial charge on any atom is -0.375 e. The number of sulfone groups is 1. The summed E-state index contributed by atoms with van der Waals surface area (Å²) in [5.74, 6) is 0.663. The molecule has 112 valence electrons. The summed E-state index contributed by atoms with van der Waals surface area (Å²) >= 11 is 0. The van der Waals surface area contributed by atoms with Crippen molar-refractivity contribution >= 4 is 9.84 Å². The van der Waals surface area contributed by atoms with Crippen LogP contribution in [0.1, 0.15) is 44.9 Å². The molecule has 2 atom stereocenters. The highest BCUT2D eigenvalue weighted by Gasteiger charge is 2.40. The predicted octanol–water partition coefficient (Wildman–Crippen LogP) is 1.75. The van der Waals surface area contributed by atoms with Crippen LogP contribution in [0.3, 0.4) is 0 Å². The van der Waals surface area contributed by atoms with E-state index < -0.39 is 9.84 Å². The van der Waals surface area contributed by atoms with Gasteiger partial charge in [-0.05, 0) is 38.6 Å². The van der Waals surface area contributed by atoms with Gasteiger partial charge in [-0.1, -0.05) is 19.3 Å². The maximum Gasteiger partial charge on any atom is 0.148 e. The standard InChI is InChI=1S/C14H27NO3S/c1-15-13(11-19(2,16)17)12-6-9-18-14(10-12)7-4-3-5-8-14/h12-13,15H,3-11H2,1-2H3. The van der Waals surface area contributed by atoms with Crippen LogP contribution in [-0.4, -0.2) is 45.7 Å². The van der Waals surface area contributed by atoms with E-state index in [4.69, 9.17) is 4.74 Å². The molecule has 1 saturated heterocycles. The Morgan fingerprint density at radius 3 is 2.58 bits per heavy atom. The first-order chi connectivity index (χ1) is 8.94. The maximum absolute atomic E-state index is 11.5. The Hall–Kier alpha value is -0.130. The lowest BCUT2D eigenvalue weighted by Crippen LogP contribution is -2.49. The van der Waals surface area contributed by atoms with Gasteiger partial charge in [-0.25, -0.2) is 8.42 Å². The summed E-state index contributed by atoms with van der Waals surface area (Å²) in [4.78, 5) is 0. The van der Waals surface area contributed by atoms with Crippen LogP contribution >= 0.6 is 0 Å². The summed E-state index contributed by atoms with van der Waals surface area (Å²) in [6.07, 6.45) is 9.45. The summed E-state index contributed by atoms with van der Waals surface area (Å²) in [5.41, 5.74) is 0.0494. The van der Waals surface area contributed by atoms with Gasteiger partial charge in [0.25, 0.3) is 0 Å². The first kappa shape index (κ1) is 15.3. The van der Waals surface area contributed by atoms with Crippen LogP contribution in [0, 0.1) is 5.92 Å². The molecule has 0 aromatic rings. The minimum atomic E-state index is -2.93. The quantitative estimate of drug-likeness (QED) is 0.856. The largest absolute Gasteiger partial charge is 0.375 e. The van der Waals surface area contributed by atoms with Crippen LogP contribution in [0.4, 0.5) is 0 Å². The molecule has 5 heteroatoms. The van der Waals surface area contributed by atoms with E-state index >= 15 is 0 Å². The second kappa shape index (κ2) is 6.10. The fourth-order valence-electron chi connectivity index (χ4n) is 3.73. The van der Waals surface area contributed by atoms with Crippen LogP contribution in [0.15, 0.2) is 0 Å². The summed E-state index contributed by atoms with van der Waals surface area (Å²) in [5, 5.41) is 3.22. The van der Waals surface area contributed by atoms with Crippen molar-refractivity contribution < 1.29 is 13.2 Å². The Labute approximate surface area is 117 Å². The van der Waals surface area contributed by atoms with Crippen molar-refractivity contribution in [2.45, 2.75) is 56.6 Å². The van der Waals surface area contributed by atoms with Crippen LogP contribution in [0.5, 0.6) is 0 Å². The zero-order chi connectivity index (χ0) is 13.9. The zero-order valence-corrected chi connectivity index (χ0v) is 13.0. The van der Waals surface area contributed by atoms with E-state index in [-0.39, 0.29) is 17.4 Å². The average Bonchev–Trinajstić information content (AvgIpc) is 2.36. The molecule has 1 aliphatic carbocycles. The molecule has 1 aliphatic heterocycles. The topological polar surface area (TPSA) is 55.4 Å². The van der Waals surface area contributed by atoms with Crippen LogP contribution in [0.2, 0.25) is 0 Å². The van der Waals surface area contributed by atoms with Gasteiger partial charge in [-0.3, -0.25) is 0 Å². The number of rotatable bonds is 4. The highest BCUT2D eigenvalue weighted by molar-refractivity contribution is 7.90. The molecule has 1 spiro atoms. The summed E-state index contributed by atoms with van der Waals surface area (Å²) in [6, 6.07) is 0.0673. The van der Waals surface area contributed by atoms with Crippen LogP contribution in [-0.2, 0) is 14.6 Å². The third-order valence-electron chi connectivity index (χ3n) is 4.72. The molecule has 1 saturated carbocycles. The number of ether oxygens (including phenoxy) is 1. The Morgan fingerprint density at radius 2 is 2.00 bits per heavy atom. The van der Waals surface area contributed by atoms with E-state index in [1.807, 2.05) is 7.05 Å². The Balaban J connectivity index is 2.02. The van der Waals surface area contributed by atoms with Crippen LogP contribution in [0.25, 0.3) is 0 Å². The van der Waals surface area contributed by atoms with Crippen LogP contribution < -0.4 is 5.32 Å². The fourth-order valence-corrected chi connectivity index (χ4v) is 4.83. The first-order valence-corrected chi connectivity index (χ1v) is 9.49. The Kier molecular flexibility index (Phi) is 4.90. The summed E-state index contributed by atoms with van der Waals surface area (Å²) in [6.45, 7) is 0.784. The smallest absolute Gasteiger partial charge is 0.148 e. The molecule has 0 bridgehead atoms. The Morgan fingerprint density at radius 1 is 1.32 bits per heavy atom. The van der Waals surface area contributed by atoms with E-state index in [1.165, 1.54) is 25.5 Å². The summed E-state index contributed by atoms with van der Waals surface area (Å²) < 4.78 is 29.2. The lowest BCUT2D eigenvalue weighted by Gasteiger charge is -2.45. The van der Waals surface area contributed by atoms with Crippen molar-refractivity contribution in [1.29, 1.82) is 0 Å². The van der Waals surface area contributed by atoms with E-state index in [9.17, 15) is 8.42 Å². The highest BCUT2D eigenvalue weighted by Crippen LogP contribution is 2.41. The molecule has 19 heavy (non-hydrogen) atoms. The van der Waals surface area contributed by atoms with Gasteiger partial charge >= 0.3 is 0 Å². The molecule has 0 amide bonds. The van der Waals surface area contributed by atoms with Crippen molar-refractivity contribution in [2.75, 3.05) is 25.7 Å². The third-order valence-corrected chi connectivity index (χ3v) is 5.68. The molecule has 1 N–H and O–H groups in total. The lowest BCUT2D eigenvalue weighted by atomic mass is 9.74. The fraction of sp³-hybridized carbons (Fsp3) is 1.00. The van der Waals surface area contributed by atoms with E-state index in [0.717, 1.165) is 32.3 Å². The zero-order valence-electron chi connectivity index (χ0n) is 12.2. The average molecular weight is 289 g/mol. The van der Waals surface area contributed by atoms with Gasteiger partial charge in [0.2, 0.25) is 0 Å². The van der Waals surface area contributed by atoms with Crippen molar-refractivity contribution in [1.82, 2.24) is 5.32 Å². The number of hydrogen-bond acceptors (Lipinski definition) is 4. The van der Waals surface area contributed by atoms with Gasteiger partial charge in [-0.15, -0.1) is 0 Å². The Bertz CT molecular complexity index is 382. The number of hydrogen-bond donors (Lipinski definition) is 1. The van der Waals surface area contributed by atoms with Gasteiger partial charge in [0, 0.05) is 18.9 Å². The van der Waals surface area contributed by atoms with E-state index in [2.05, 4.69) is 5.32 Å². The minimum absolute atomic E-state index is 0.0494. The van der Waals surface area contributed by atoms with Crippen molar-refractivity contribution in [3.05, 3.63) is 0 Å². The molecular weight excluding hydrogens is 262 g/mol. The molecule has 1 heterocycles. The molecule has 4 nitrogen and oxygen atoms in total. The second-order valence-corrected chi connectivity index (χ2v) is 8.52. The molecule has 0 radical (unpaired) electrons. The molecule has 2 rings (SSSR count). The van der Waals surface area contributed by atoms with Gasteiger partial charge < -0.3 is 10.1 Å². The van der Waals surface area contributed by atoms with Gasteiger partial charge in [-0.2, -0.15) is 0 Å². The molecule has 2 fully saturated rings. The van der Waals surface area contributed by atoms with Crippen molar-refractivity contribution in [3.63, 3.8) is 0 Å². The highest BCUT2D eigenvalue weighted by atomic mass is 32.2. The van der Waals surface area contributed by atoms with Crippen molar-refractivity contribution in [3.8, 4) is 0 Å². The molecule has 0 aromatic carbocycles. The maximum atomic E-state index is 11.5. The molecular formula is C14H27NO3S. The monoisotopic (exact) mass is 289 g/mol. The first-order valence-electron chi connectivity index (χ1n) is 7.43. The lowest BCUT2D eigenvalue weighted by molar-refractivity contribution is -0.120. The molecule has 2 unspecified atom stereocenters. The van der Waals surface area contributed by atoms with Gasteiger partial charge in [0.15, 0.2) is 0 Å². The van der Waals surface area contributed by atoms with Gasteiger partial charge in [0.05, 0.1) is 11.4 Å². The van der Waals surface area contributed by atoms with Crippen molar-refractivity contribution in [2.24, 2.45) is 5.92 Å². The number of nitrogens with one attached hydrogen (secondary N) is 1. The SMILES string of the molecule is CNC(CS(C)(=O)=O)C1CCOC2(CCCCC2)C1. The van der Waals surface area contributed by atoms with E-state index in [1.54, 1.807) is 0 Å². The summed E-state index contributed by atoms with van der Waals surface area (Å²) in [7, 11) is -1.06. The van der Waals surface area contributed by atoms with Gasteiger partial charge in [0.1, 0.15) is 9.84 Å². The molecule has 2 aliphatic rings. The normalized spacial score (nSPS) is 29.3. The third kappa shape index (κ3) is 4.17. The second-order valence-electron chi connectivity index (χ2n) is 6.33. The molecule has 0 aromatic heterocycles.